The highest BCUT2D eigenvalue weighted by Crippen LogP contribution is 2.39. The van der Waals surface area contributed by atoms with Gasteiger partial charge in [0.1, 0.15) is 5.58 Å². The van der Waals surface area contributed by atoms with Crippen molar-refractivity contribution in [3.8, 4) is 33.8 Å². The third kappa shape index (κ3) is 5.62. The largest absolute Gasteiger partial charge is 0.438 e. The summed E-state index contributed by atoms with van der Waals surface area (Å²) < 4.78 is 6.10. The first-order valence-corrected chi connectivity index (χ1v) is 18.7. The second-order valence-corrected chi connectivity index (χ2v) is 14.2. The lowest BCUT2D eigenvalue weighted by Crippen LogP contribution is -2.10. The lowest BCUT2D eigenvalue weighted by molar-refractivity contribution is 0.654. The highest BCUT2D eigenvalue weighted by molar-refractivity contribution is 6.04. The van der Waals surface area contributed by atoms with Crippen molar-refractivity contribution in [3.05, 3.63) is 194 Å². The Labute approximate surface area is 322 Å². The zero-order valence-corrected chi connectivity index (χ0v) is 30.2. The van der Waals surface area contributed by atoms with Gasteiger partial charge in [-0.2, -0.15) is 0 Å². The van der Waals surface area contributed by atoms with Gasteiger partial charge in [0.25, 0.3) is 0 Å². The predicted octanol–water partition coefficient (Wildman–Crippen LogP) is 13.7. The van der Waals surface area contributed by atoms with Gasteiger partial charge in [-0.1, -0.05) is 109 Å². The molecule has 11 aromatic rings. The first kappa shape index (κ1) is 31.9. The number of para-hydroxylation sites is 1. The Morgan fingerprint density at radius 1 is 0.357 bits per heavy atom. The second kappa shape index (κ2) is 13.0. The van der Waals surface area contributed by atoms with E-state index < -0.39 is 0 Å². The molecule has 0 aliphatic heterocycles. The van der Waals surface area contributed by atoms with E-state index in [4.69, 9.17) is 19.4 Å². The van der Waals surface area contributed by atoms with Gasteiger partial charge in [0.15, 0.2) is 0 Å². The normalized spacial score (nSPS) is 11.6. The van der Waals surface area contributed by atoms with E-state index in [0.29, 0.717) is 5.71 Å². The minimum absolute atomic E-state index is 0.652. The van der Waals surface area contributed by atoms with E-state index in [9.17, 15) is 0 Å². The average molecular weight is 717 g/mol. The Kier molecular flexibility index (Phi) is 7.42. The molecule has 0 amide bonds. The Morgan fingerprint density at radius 3 is 1.54 bits per heavy atom. The van der Waals surface area contributed by atoms with Gasteiger partial charge in [-0.25, -0.2) is 4.98 Å². The van der Waals surface area contributed by atoms with E-state index in [1.165, 1.54) is 10.8 Å². The summed E-state index contributed by atoms with van der Waals surface area (Å²) in [7, 11) is 0. The number of benzene rings is 7. The lowest BCUT2D eigenvalue weighted by atomic mass is 10.0. The van der Waals surface area contributed by atoms with Crippen LogP contribution in [-0.2, 0) is 0 Å². The van der Waals surface area contributed by atoms with E-state index in [1.54, 1.807) is 0 Å². The van der Waals surface area contributed by atoms with Crippen molar-refractivity contribution in [2.75, 3.05) is 4.90 Å². The van der Waals surface area contributed by atoms with Gasteiger partial charge in [0.05, 0.1) is 17.1 Å². The summed E-state index contributed by atoms with van der Waals surface area (Å²) in [6.07, 6.45) is 3.90. The molecule has 0 saturated heterocycles. The zero-order chi connectivity index (χ0) is 37.0. The van der Waals surface area contributed by atoms with Gasteiger partial charge >= 0.3 is 0 Å². The fraction of sp³-hybridized carbons (Fsp3) is 0. The maximum absolute atomic E-state index is 6.10. The minimum Gasteiger partial charge on any atom is -0.438 e. The van der Waals surface area contributed by atoms with E-state index in [1.807, 2.05) is 42.7 Å². The summed E-state index contributed by atoms with van der Waals surface area (Å²) in [6, 6.07) is 63.8. The molecule has 262 valence electrons. The number of hydrogen-bond donors (Lipinski definition) is 0. The summed E-state index contributed by atoms with van der Waals surface area (Å²) in [4.78, 5) is 16.8. The summed E-state index contributed by atoms with van der Waals surface area (Å²) in [5.41, 5.74) is 10.6. The summed E-state index contributed by atoms with van der Waals surface area (Å²) >= 11 is 0. The van der Waals surface area contributed by atoms with Crippen LogP contribution < -0.4 is 4.90 Å². The van der Waals surface area contributed by atoms with Crippen molar-refractivity contribution in [3.63, 3.8) is 0 Å². The Balaban J connectivity index is 0.969. The van der Waals surface area contributed by atoms with Crippen LogP contribution in [0.15, 0.2) is 199 Å². The molecule has 0 fully saturated rings. The molecule has 0 atom stereocenters. The SMILES string of the molecule is c1ccc2cc(-c3ccc(N(c4ccc(-c5cc6ccccc6cn5)cc4)c4ccc5cc(-c6ccc7c(n6)oc6ccccc67)ccc5c4)cc3)ncc2c1. The number of aromatic nitrogens is 3. The zero-order valence-electron chi connectivity index (χ0n) is 30.2. The van der Waals surface area contributed by atoms with Crippen molar-refractivity contribution in [1.82, 2.24) is 15.0 Å². The monoisotopic (exact) mass is 716 g/mol. The molecule has 5 nitrogen and oxygen atoms in total. The molecule has 0 aliphatic rings. The van der Waals surface area contributed by atoms with E-state index >= 15 is 0 Å². The number of hydrogen-bond acceptors (Lipinski definition) is 5. The predicted molar refractivity (Wildman–Crippen MR) is 231 cm³/mol. The number of furan rings is 1. The lowest BCUT2D eigenvalue weighted by Gasteiger charge is -2.26. The van der Waals surface area contributed by atoms with Crippen LogP contribution in [0.5, 0.6) is 0 Å². The molecule has 0 unspecified atom stereocenters. The van der Waals surface area contributed by atoms with Crippen LogP contribution in [0.4, 0.5) is 17.1 Å². The van der Waals surface area contributed by atoms with Crippen LogP contribution >= 0.6 is 0 Å². The maximum Gasteiger partial charge on any atom is 0.227 e. The van der Waals surface area contributed by atoms with Crippen LogP contribution in [0, 0.1) is 0 Å². The minimum atomic E-state index is 0.652. The highest BCUT2D eigenvalue weighted by Gasteiger charge is 2.16. The molecular weight excluding hydrogens is 685 g/mol. The van der Waals surface area contributed by atoms with Crippen molar-refractivity contribution < 1.29 is 4.42 Å². The quantitative estimate of drug-likeness (QED) is 0.171. The summed E-state index contributed by atoms with van der Waals surface area (Å²) in [5.74, 6) is 0. The standard InChI is InChI=1S/C51H32N4O/c1-3-9-40-31-52-48(29-35(40)7-1)33-15-20-42(21-16-33)55(43-22-17-34(18-23-43)49-30-36-8-2-4-10-41(36)32-53-49)44-24-19-37-27-39(14-13-38(37)28-44)47-26-25-46-45-11-5-6-12-50(45)56-51(46)54-47/h1-32H. The van der Waals surface area contributed by atoms with Gasteiger partial charge in [-0.3, -0.25) is 9.97 Å². The molecule has 0 N–H and O–H groups in total. The summed E-state index contributed by atoms with van der Waals surface area (Å²) in [6.45, 7) is 0. The fourth-order valence-corrected chi connectivity index (χ4v) is 7.79. The molecule has 0 saturated carbocycles. The van der Waals surface area contributed by atoms with Gasteiger partial charge in [-0.05, 0) is 94.3 Å². The van der Waals surface area contributed by atoms with Crippen LogP contribution in [0.3, 0.4) is 0 Å². The first-order valence-electron chi connectivity index (χ1n) is 18.7. The number of anilines is 3. The van der Waals surface area contributed by atoms with Crippen molar-refractivity contribution in [2.24, 2.45) is 0 Å². The van der Waals surface area contributed by atoms with E-state index in [0.717, 1.165) is 88.7 Å². The molecule has 0 aliphatic carbocycles. The van der Waals surface area contributed by atoms with Gasteiger partial charge in [0, 0.05) is 67.7 Å². The topological polar surface area (TPSA) is 55.1 Å². The molecule has 0 spiro atoms. The van der Waals surface area contributed by atoms with Crippen LogP contribution in [0.1, 0.15) is 0 Å². The average Bonchev–Trinajstić information content (AvgIpc) is 3.64. The highest BCUT2D eigenvalue weighted by atomic mass is 16.3. The number of pyridine rings is 3. The van der Waals surface area contributed by atoms with Crippen LogP contribution in [-0.4, -0.2) is 15.0 Å². The van der Waals surface area contributed by atoms with Crippen LogP contribution in [0.25, 0.3) is 88.2 Å². The van der Waals surface area contributed by atoms with E-state index in [2.05, 4.69) is 157 Å². The van der Waals surface area contributed by atoms with Crippen LogP contribution in [0.2, 0.25) is 0 Å². The molecule has 7 aromatic carbocycles. The molecule has 0 radical (unpaired) electrons. The third-order valence-corrected chi connectivity index (χ3v) is 10.7. The Morgan fingerprint density at radius 2 is 0.875 bits per heavy atom. The van der Waals surface area contributed by atoms with Gasteiger partial charge in [-0.15, -0.1) is 0 Å². The number of fused-ring (bicyclic) bond motifs is 6. The molecule has 4 aromatic heterocycles. The Hall–Kier alpha value is -7.63. The van der Waals surface area contributed by atoms with Gasteiger partial charge in [0.2, 0.25) is 5.71 Å². The Bertz CT molecular complexity index is 3140. The molecule has 5 heteroatoms. The third-order valence-electron chi connectivity index (χ3n) is 10.7. The molecule has 11 rings (SSSR count). The molecule has 4 heterocycles. The van der Waals surface area contributed by atoms with Gasteiger partial charge < -0.3 is 9.32 Å². The smallest absolute Gasteiger partial charge is 0.227 e. The number of rotatable bonds is 6. The molecule has 0 bridgehead atoms. The van der Waals surface area contributed by atoms with E-state index in [-0.39, 0.29) is 0 Å². The maximum atomic E-state index is 6.10. The fourth-order valence-electron chi connectivity index (χ4n) is 7.79. The van der Waals surface area contributed by atoms with Crippen molar-refractivity contribution in [1.29, 1.82) is 0 Å². The number of nitrogens with zero attached hydrogens (tertiary/aromatic N) is 4. The first-order chi connectivity index (χ1) is 27.7. The van der Waals surface area contributed by atoms with Crippen molar-refractivity contribution >= 4 is 71.4 Å². The molecule has 56 heavy (non-hydrogen) atoms. The second-order valence-electron chi connectivity index (χ2n) is 14.2. The van der Waals surface area contributed by atoms with Crippen molar-refractivity contribution in [2.45, 2.75) is 0 Å². The molecular formula is C51H32N4O. The summed E-state index contributed by atoms with van der Waals surface area (Å²) in [5, 5.41) is 8.99.